The van der Waals surface area contributed by atoms with Crippen molar-refractivity contribution in [2.75, 3.05) is 0 Å². The Morgan fingerprint density at radius 2 is 1.19 bits per heavy atom. The highest BCUT2D eigenvalue weighted by molar-refractivity contribution is 7.91. The third kappa shape index (κ3) is 2.70. The molecule has 0 aliphatic carbocycles. The van der Waals surface area contributed by atoms with Crippen LogP contribution < -0.4 is 0 Å². The summed E-state index contributed by atoms with van der Waals surface area (Å²) in [6, 6.07) is 9.99. The van der Waals surface area contributed by atoms with Gasteiger partial charge < -0.3 is 0 Å². The van der Waals surface area contributed by atoms with Crippen LogP contribution in [0.5, 0.6) is 0 Å². The molecule has 0 aliphatic heterocycles. The van der Waals surface area contributed by atoms with Crippen molar-refractivity contribution in [3.63, 3.8) is 0 Å². The van der Waals surface area contributed by atoms with E-state index in [1.807, 2.05) is 13.8 Å². The molecular formula is C18H14O2S. The first-order valence-corrected chi connectivity index (χ1v) is 7.78. The highest BCUT2D eigenvalue weighted by atomic mass is 32.2. The minimum atomic E-state index is -3.75. The van der Waals surface area contributed by atoms with E-state index >= 15 is 0 Å². The van der Waals surface area contributed by atoms with Crippen molar-refractivity contribution in [2.24, 2.45) is 0 Å². The highest BCUT2D eigenvalue weighted by Gasteiger charge is 2.23. The Morgan fingerprint density at radius 3 is 1.52 bits per heavy atom. The Labute approximate surface area is 125 Å². The molecule has 3 heteroatoms. The number of hydrogen-bond acceptors (Lipinski definition) is 2. The summed E-state index contributed by atoms with van der Waals surface area (Å²) in [5.74, 6) is 4.84. The van der Waals surface area contributed by atoms with Gasteiger partial charge in [0.25, 0.3) is 0 Å². The van der Waals surface area contributed by atoms with Crippen LogP contribution in [-0.2, 0) is 9.84 Å². The quantitative estimate of drug-likeness (QED) is 0.798. The van der Waals surface area contributed by atoms with Gasteiger partial charge in [0.1, 0.15) is 0 Å². The van der Waals surface area contributed by atoms with Crippen molar-refractivity contribution in [2.45, 2.75) is 23.6 Å². The van der Waals surface area contributed by atoms with Crippen molar-refractivity contribution in [1.82, 2.24) is 0 Å². The maximum Gasteiger partial charge on any atom is 0.209 e. The summed E-state index contributed by atoms with van der Waals surface area (Å²) >= 11 is 0. The van der Waals surface area contributed by atoms with Crippen LogP contribution in [-0.4, -0.2) is 8.42 Å². The lowest BCUT2D eigenvalue weighted by atomic mass is 10.1. The molecule has 2 rings (SSSR count). The first-order valence-electron chi connectivity index (χ1n) is 6.29. The zero-order chi connectivity index (χ0) is 15.6. The molecule has 0 aliphatic rings. The molecule has 0 atom stereocenters. The molecule has 0 spiro atoms. The molecule has 0 bridgehead atoms. The summed E-state index contributed by atoms with van der Waals surface area (Å²) in [5.41, 5.74) is 2.32. The molecule has 104 valence electrons. The lowest BCUT2D eigenvalue weighted by Crippen LogP contribution is -2.07. The number of benzene rings is 2. The van der Waals surface area contributed by atoms with E-state index in [1.165, 1.54) is 0 Å². The topological polar surface area (TPSA) is 34.1 Å². The van der Waals surface area contributed by atoms with Crippen molar-refractivity contribution in [3.8, 4) is 24.7 Å². The molecule has 0 N–H and O–H groups in total. The second kappa shape index (κ2) is 5.48. The first kappa shape index (κ1) is 14.9. The molecule has 2 nitrogen and oxygen atoms in total. The van der Waals surface area contributed by atoms with Gasteiger partial charge in [-0.25, -0.2) is 8.42 Å². The monoisotopic (exact) mass is 294 g/mol. The van der Waals surface area contributed by atoms with Gasteiger partial charge in [-0.05, 0) is 49.2 Å². The third-order valence-corrected chi connectivity index (χ3v) is 5.00. The Bertz CT molecular complexity index is 822. The lowest BCUT2D eigenvalue weighted by molar-refractivity contribution is 0.595. The van der Waals surface area contributed by atoms with Crippen LogP contribution in [0.2, 0.25) is 0 Å². The van der Waals surface area contributed by atoms with E-state index in [0.717, 1.165) is 11.1 Å². The molecule has 0 saturated heterocycles. The average Bonchev–Trinajstić information content (AvgIpc) is 2.47. The largest absolute Gasteiger partial charge is 0.218 e. The van der Waals surface area contributed by atoms with Gasteiger partial charge >= 0.3 is 0 Å². The fourth-order valence-corrected chi connectivity index (χ4v) is 3.81. The molecule has 0 radical (unpaired) electrons. The van der Waals surface area contributed by atoms with E-state index in [2.05, 4.69) is 11.8 Å². The van der Waals surface area contributed by atoms with E-state index in [9.17, 15) is 8.42 Å². The maximum atomic E-state index is 12.9. The van der Waals surface area contributed by atoms with Gasteiger partial charge in [0, 0.05) is 11.1 Å². The van der Waals surface area contributed by atoms with E-state index in [-0.39, 0.29) is 9.79 Å². The molecular weight excluding hydrogens is 280 g/mol. The molecule has 2 aromatic carbocycles. The summed E-state index contributed by atoms with van der Waals surface area (Å²) in [6.45, 7) is 3.63. The van der Waals surface area contributed by atoms with Crippen LogP contribution in [0.15, 0.2) is 46.2 Å². The normalized spacial score (nSPS) is 10.7. The van der Waals surface area contributed by atoms with Crippen molar-refractivity contribution < 1.29 is 8.42 Å². The average molecular weight is 294 g/mol. The zero-order valence-electron chi connectivity index (χ0n) is 11.8. The highest BCUT2D eigenvalue weighted by Crippen LogP contribution is 2.28. The molecule has 0 fully saturated rings. The summed E-state index contributed by atoms with van der Waals surface area (Å²) in [7, 11) is -3.75. The minimum absolute atomic E-state index is 0.118. The Hall–Kier alpha value is -2.49. The van der Waals surface area contributed by atoms with Gasteiger partial charge in [-0.3, -0.25) is 0 Å². The fraction of sp³-hybridized carbons (Fsp3) is 0.111. The van der Waals surface area contributed by atoms with E-state index in [1.54, 1.807) is 36.4 Å². The molecule has 21 heavy (non-hydrogen) atoms. The van der Waals surface area contributed by atoms with Gasteiger partial charge in [0.2, 0.25) is 9.84 Å². The van der Waals surface area contributed by atoms with Crippen LogP contribution in [0, 0.1) is 38.5 Å². The van der Waals surface area contributed by atoms with Gasteiger partial charge in [-0.1, -0.05) is 24.0 Å². The maximum absolute atomic E-state index is 12.9. The second-order valence-corrected chi connectivity index (χ2v) is 6.68. The van der Waals surface area contributed by atoms with Crippen molar-refractivity contribution in [3.05, 3.63) is 58.7 Å². The number of aryl methyl sites for hydroxylation is 2. The summed E-state index contributed by atoms with van der Waals surface area (Å²) in [6.07, 6.45) is 10.8. The summed E-state index contributed by atoms with van der Waals surface area (Å²) < 4.78 is 25.8. The fourth-order valence-electron chi connectivity index (χ4n) is 2.06. The number of hydrogen-bond donors (Lipinski definition) is 0. The van der Waals surface area contributed by atoms with Crippen LogP contribution >= 0.6 is 0 Å². The standard InChI is InChI=1S/C18H14O2S/c1-5-15-9-7-13(3)11-17(15)21(19,20)18-12-14(4)8-10-16(18)6-2/h1-2,7-12H,3-4H3. The molecule has 0 unspecified atom stereocenters. The number of terminal acetylenes is 2. The molecule has 2 aromatic rings. The number of rotatable bonds is 2. The van der Waals surface area contributed by atoms with Gasteiger partial charge in [0.05, 0.1) is 9.79 Å². The van der Waals surface area contributed by atoms with Crippen LogP contribution in [0.4, 0.5) is 0 Å². The van der Waals surface area contributed by atoms with Crippen LogP contribution in [0.3, 0.4) is 0 Å². The van der Waals surface area contributed by atoms with E-state index < -0.39 is 9.84 Å². The first-order chi connectivity index (χ1) is 9.90. The van der Waals surface area contributed by atoms with Gasteiger partial charge in [-0.2, -0.15) is 0 Å². The minimum Gasteiger partial charge on any atom is -0.218 e. The predicted octanol–water partition coefficient (Wildman–Crippen LogP) is 3.10. The van der Waals surface area contributed by atoms with E-state index in [0.29, 0.717) is 11.1 Å². The zero-order valence-corrected chi connectivity index (χ0v) is 12.7. The van der Waals surface area contributed by atoms with Crippen molar-refractivity contribution in [1.29, 1.82) is 0 Å². The predicted molar refractivity (Wildman–Crippen MR) is 83.7 cm³/mol. The Balaban J connectivity index is 2.81. The number of sulfone groups is 1. The van der Waals surface area contributed by atoms with E-state index in [4.69, 9.17) is 12.8 Å². The summed E-state index contributed by atoms with van der Waals surface area (Å²) in [4.78, 5) is 0.235. The third-order valence-electron chi connectivity index (χ3n) is 3.16. The molecule has 0 heterocycles. The molecule has 0 amide bonds. The lowest BCUT2D eigenvalue weighted by Gasteiger charge is -2.11. The SMILES string of the molecule is C#Cc1ccc(C)cc1S(=O)(=O)c1cc(C)ccc1C#C. The molecule has 0 aromatic heterocycles. The Kier molecular flexibility index (Phi) is 3.89. The van der Waals surface area contributed by atoms with Crippen LogP contribution in [0.1, 0.15) is 22.3 Å². The van der Waals surface area contributed by atoms with Crippen LogP contribution in [0.25, 0.3) is 0 Å². The molecule has 0 saturated carbocycles. The Morgan fingerprint density at radius 1 is 0.810 bits per heavy atom. The second-order valence-electron chi connectivity index (χ2n) is 4.79. The van der Waals surface area contributed by atoms with Gasteiger partial charge in [-0.15, -0.1) is 12.8 Å². The smallest absolute Gasteiger partial charge is 0.209 e. The van der Waals surface area contributed by atoms with Gasteiger partial charge in [0.15, 0.2) is 0 Å². The van der Waals surface area contributed by atoms with Crippen molar-refractivity contribution >= 4 is 9.84 Å². The summed E-state index contributed by atoms with van der Waals surface area (Å²) in [5, 5.41) is 0.